The minimum atomic E-state index is -1.26. The molecule has 3 N–H and O–H groups in total. The number of fused-ring (bicyclic) bond motifs is 1. The highest BCUT2D eigenvalue weighted by atomic mass is 16.5. The Morgan fingerprint density at radius 1 is 1.15 bits per heavy atom. The number of carbonyl (C=O) groups excluding carboxylic acids is 3. The van der Waals surface area contributed by atoms with Gasteiger partial charge < -0.3 is 20.4 Å². The number of rotatable bonds is 7. The van der Waals surface area contributed by atoms with E-state index in [1.165, 1.54) is 0 Å². The molecule has 9 heteroatoms. The van der Waals surface area contributed by atoms with Crippen molar-refractivity contribution in [2.75, 3.05) is 13.7 Å². The predicted octanol–water partition coefficient (Wildman–Crippen LogP) is 2.85. The average molecular weight is 450 g/mol. The van der Waals surface area contributed by atoms with Crippen LogP contribution >= 0.6 is 0 Å². The molecule has 1 aliphatic rings. The first-order valence-corrected chi connectivity index (χ1v) is 10.8. The summed E-state index contributed by atoms with van der Waals surface area (Å²) in [5, 5.41) is 5.63. The van der Waals surface area contributed by atoms with Crippen molar-refractivity contribution >= 4 is 28.9 Å². The van der Waals surface area contributed by atoms with E-state index in [0.717, 1.165) is 15.9 Å². The number of urea groups is 1. The number of imide groups is 1. The topological polar surface area (TPSA) is 116 Å². The van der Waals surface area contributed by atoms with Crippen LogP contribution in [0.25, 0.3) is 11.0 Å². The van der Waals surface area contributed by atoms with Crippen LogP contribution in [0.5, 0.6) is 5.75 Å². The smallest absolute Gasteiger partial charge is 0.325 e. The number of para-hydroxylation sites is 2. The number of imidazole rings is 1. The molecule has 4 amide bonds. The quantitative estimate of drug-likeness (QED) is 0.480. The zero-order valence-electron chi connectivity index (χ0n) is 19.0. The van der Waals surface area contributed by atoms with Crippen LogP contribution in [0, 0.1) is 5.92 Å². The number of nitrogens with zero attached hydrogens (tertiary/aromatic N) is 2. The van der Waals surface area contributed by atoms with Gasteiger partial charge in [0.15, 0.2) is 0 Å². The van der Waals surface area contributed by atoms with Gasteiger partial charge in [0.2, 0.25) is 5.91 Å². The third-order valence-corrected chi connectivity index (χ3v) is 5.93. The molecule has 33 heavy (non-hydrogen) atoms. The van der Waals surface area contributed by atoms with E-state index in [2.05, 4.69) is 20.6 Å². The Morgan fingerprint density at radius 3 is 2.48 bits per heavy atom. The SMILES string of the molecule is COc1ccc(C2(C)NC(=O)N(CC(=O)NC(c3nc4ccccc4[nH]3)C(C)C)C2=O)cc1. The monoisotopic (exact) mass is 449 g/mol. The van der Waals surface area contributed by atoms with Crippen LogP contribution in [0.4, 0.5) is 4.79 Å². The average Bonchev–Trinajstić information content (AvgIpc) is 3.32. The van der Waals surface area contributed by atoms with E-state index in [-0.39, 0.29) is 12.5 Å². The number of amides is 4. The van der Waals surface area contributed by atoms with Gasteiger partial charge >= 0.3 is 6.03 Å². The summed E-state index contributed by atoms with van der Waals surface area (Å²) in [5.41, 5.74) is 1.01. The molecule has 0 bridgehead atoms. The zero-order valence-corrected chi connectivity index (χ0v) is 19.0. The van der Waals surface area contributed by atoms with Crippen molar-refractivity contribution in [3.05, 3.63) is 59.9 Å². The Morgan fingerprint density at radius 2 is 1.85 bits per heavy atom. The van der Waals surface area contributed by atoms with Crippen LogP contribution < -0.4 is 15.4 Å². The van der Waals surface area contributed by atoms with Gasteiger partial charge in [0.05, 0.1) is 24.2 Å². The Bertz CT molecular complexity index is 1170. The van der Waals surface area contributed by atoms with Crippen molar-refractivity contribution in [2.24, 2.45) is 5.92 Å². The first-order chi connectivity index (χ1) is 15.7. The van der Waals surface area contributed by atoms with Gasteiger partial charge in [0.1, 0.15) is 23.7 Å². The summed E-state index contributed by atoms with van der Waals surface area (Å²) in [4.78, 5) is 47.4. The van der Waals surface area contributed by atoms with Crippen LogP contribution in [0.1, 0.15) is 38.2 Å². The summed E-state index contributed by atoms with van der Waals surface area (Å²) in [6.07, 6.45) is 0. The lowest BCUT2D eigenvalue weighted by molar-refractivity contribution is -0.135. The first kappa shape index (κ1) is 22.3. The van der Waals surface area contributed by atoms with Gasteiger partial charge in [-0.1, -0.05) is 38.1 Å². The second kappa shape index (κ2) is 8.57. The maximum Gasteiger partial charge on any atom is 0.325 e. The third-order valence-electron chi connectivity index (χ3n) is 5.93. The second-order valence-corrected chi connectivity index (χ2v) is 8.60. The number of benzene rings is 2. The van der Waals surface area contributed by atoms with Crippen molar-refractivity contribution in [2.45, 2.75) is 32.4 Å². The van der Waals surface area contributed by atoms with Gasteiger partial charge in [0.25, 0.3) is 5.91 Å². The molecule has 2 atom stereocenters. The number of hydrogen-bond donors (Lipinski definition) is 3. The fourth-order valence-electron chi connectivity index (χ4n) is 3.99. The van der Waals surface area contributed by atoms with Crippen LogP contribution in [0.15, 0.2) is 48.5 Å². The minimum Gasteiger partial charge on any atom is -0.497 e. The summed E-state index contributed by atoms with van der Waals surface area (Å²) >= 11 is 0. The highest BCUT2D eigenvalue weighted by Crippen LogP contribution is 2.30. The molecule has 0 aliphatic carbocycles. The fraction of sp³-hybridized carbons (Fsp3) is 0.333. The molecular weight excluding hydrogens is 422 g/mol. The van der Waals surface area contributed by atoms with Crippen LogP contribution in [-0.2, 0) is 15.1 Å². The molecule has 9 nitrogen and oxygen atoms in total. The summed E-state index contributed by atoms with van der Waals surface area (Å²) in [5.74, 6) is 0.358. The van der Waals surface area contributed by atoms with E-state index in [1.54, 1.807) is 38.3 Å². The molecule has 2 heterocycles. The first-order valence-electron chi connectivity index (χ1n) is 10.8. The Balaban J connectivity index is 1.49. The molecule has 3 aromatic rings. The molecule has 1 aliphatic heterocycles. The van der Waals surface area contributed by atoms with Gasteiger partial charge in [-0.25, -0.2) is 9.78 Å². The second-order valence-electron chi connectivity index (χ2n) is 8.60. The van der Waals surface area contributed by atoms with E-state index in [1.807, 2.05) is 38.1 Å². The van der Waals surface area contributed by atoms with E-state index < -0.39 is 29.4 Å². The molecule has 172 valence electrons. The number of H-pyrrole nitrogens is 1. The molecule has 1 fully saturated rings. The molecule has 1 saturated heterocycles. The molecule has 1 aromatic heterocycles. The van der Waals surface area contributed by atoms with E-state index in [9.17, 15) is 14.4 Å². The summed E-state index contributed by atoms with van der Waals surface area (Å²) in [6, 6.07) is 13.5. The van der Waals surface area contributed by atoms with Gasteiger partial charge in [-0.3, -0.25) is 14.5 Å². The largest absolute Gasteiger partial charge is 0.497 e. The highest BCUT2D eigenvalue weighted by Gasteiger charge is 2.49. The molecule has 0 spiro atoms. The number of ether oxygens (including phenoxy) is 1. The normalized spacial score (nSPS) is 19.1. The number of aromatic nitrogens is 2. The molecule has 0 radical (unpaired) electrons. The summed E-state index contributed by atoms with van der Waals surface area (Å²) in [6.45, 7) is 5.16. The summed E-state index contributed by atoms with van der Waals surface area (Å²) < 4.78 is 5.16. The van der Waals surface area contributed by atoms with Crippen LogP contribution in [0.2, 0.25) is 0 Å². The molecule has 2 unspecified atom stereocenters. The summed E-state index contributed by atoms with van der Waals surface area (Å²) in [7, 11) is 1.55. The lowest BCUT2D eigenvalue weighted by atomic mass is 9.92. The molecular formula is C24H27N5O4. The molecule has 2 aromatic carbocycles. The van der Waals surface area contributed by atoms with Crippen molar-refractivity contribution in [3.63, 3.8) is 0 Å². The van der Waals surface area contributed by atoms with E-state index in [0.29, 0.717) is 17.1 Å². The number of nitrogens with one attached hydrogen (secondary N) is 3. The number of carbonyl (C=O) groups is 3. The van der Waals surface area contributed by atoms with Gasteiger partial charge in [-0.15, -0.1) is 0 Å². The van der Waals surface area contributed by atoms with Crippen molar-refractivity contribution in [1.29, 1.82) is 0 Å². The van der Waals surface area contributed by atoms with Crippen LogP contribution in [0.3, 0.4) is 0 Å². The predicted molar refractivity (Wildman–Crippen MR) is 122 cm³/mol. The Kier molecular flexibility index (Phi) is 5.80. The highest BCUT2D eigenvalue weighted by molar-refractivity contribution is 6.09. The zero-order chi connectivity index (χ0) is 23.8. The Labute approximate surface area is 191 Å². The number of aromatic amines is 1. The lowest BCUT2D eigenvalue weighted by Gasteiger charge is -2.23. The lowest BCUT2D eigenvalue weighted by Crippen LogP contribution is -2.44. The molecule has 0 saturated carbocycles. The van der Waals surface area contributed by atoms with Crippen LogP contribution in [-0.4, -0.2) is 46.4 Å². The minimum absolute atomic E-state index is 0.0298. The van der Waals surface area contributed by atoms with E-state index >= 15 is 0 Å². The van der Waals surface area contributed by atoms with Gasteiger partial charge in [-0.2, -0.15) is 0 Å². The fourth-order valence-corrected chi connectivity index (χ4v) is 3.99. The number of hydrogen-bond acceptors (Lipinski definition) is 5. The van der Waals surface area contributed by atoms with Gasteiger partial charge in [-0.05, 0) is 42.7 Å². The maximum absolute atomic E-state index is 13.1. The third kappa shape index (κ3) is 4.13. The van der Waals surface area contributed by atoms with Crippen molar-refractivity contribution < 1.29 is 19.1 Å². The van der Waals surface area contributed by atoms with Crippen molar-refractivity contribution in [1.82, 2.24) is 25.5 Å². The standard InChI is InChI=1S/C24H27N5O4/c1-14(2)20(21-25-17-7-5-6-8-18(17)26-21)27-19(30)13-29-22(31)24(3,28-23(29)32)15-9-11-16(33-4)12-10-15/h5-12,14,20H,13H2,1-4H3,(H,25,26)(H,27,30)(H,28,32). The number of methoxy groups -OCH3 is 1. The maximum atomic E-state index is 13.1. The van der Waals surface area contributed by atoms with Gasteiger partial charge in [0, 0.05) is 0 Å². The van der Waals surface area contributed by atoms with E-state index in [4.69, 9.17) is 4.74 Å². The van der Waals surface area contributed by atoms with Crippen molar-refractivity contribution in [3.8, 4) is 5.75 Å². The Hall–Kier alpha value is -3.88. The molecule has 4 rings (SSSR count).